The van der Waals surface area contributed by atoms with E-state index in [4.69, 9.17) is 13.8 Å². The van der Waals surface area contributed by atoms with E-state index in [0.717, 1.165) is 5.57 Å². The third-order valence-corrected chi connectivity index (χ3v) is 4.42. The highest BCUT2D eigenvalue weighted by Gasteiger charge is 2.36. The first-order chi connectivity index (χ1) is 9.28. The van der Waals surface area contributed by atoms with Crippen molar-refractivity contribution in [3.05, 3.63) is 24.0 Å². The van der Waals surface area contributed by atoms with Crippen LogP contribution in [0.2, 0.25) is 0 Å². The Balaban J connectivity index is 5.35. The van der Waals surface area contributed by atoms with Crippen LogP contribution in [-0.4, -0.2) is 24.0 Å². The van der Waals surface area contributed by atoms with Crippen molar-refractivity contribution in [3.63, 3.8) is 0 Å². The lowest BCUT2D eigenvalue weighted by Gasteiger charge is -2.32. The maximum Gasteiger partial charge on any atom is 0.339 e. The van der Waals surface area contributed by atoms with Gasteiger partial charge in [0, 0.05) is 0 Å². The van der Waals surface area contributed by atoms with Gasteiger partial charge < -0.3 is 13.8 Å². The molecule has 0 amide bonds. The van der Waals surface area contributed by atoms with E-state index in [1.807, 2.05) is 55.4 Å². The molecule has 0 aromatic rings. The van der Waals surface area contributed by atoms with Crippen LogP contribution in [0.15, 0.2) is 24.0 Å². The third-order valence-electron chi connectivity index (χ3n) is 2.10. The van der Waals surface area contributed by atoms with Gasteiger partial charge in [0.15, 0.2) is 0 Å². The van der Waals surface area contributed by atoms with Gasteiger partial charge in [-0.2, -0.15) is 0 Å². The molecule has 0 saturated carbocycles. The Hall–Kier alpha value is -0.570. The average molecular weight is 318 g/mol. The van der Waals surface area contributed by atoms with Crippen LogP contribution in [0.4, 0.5) is 0 Å². The minimum absolute atomic E-state index is 0.123. The fourth-order valence-electron chi connectivity index (χ4n) is 1.60. The van der Waals surface area contributed by atoms with Gasteiger partial charge in [-0.1, -0.05) is 12.7 Å². The molecule has 0 saturated heterocycles. The van der Waals surface area contributed by atoms with Crippen LogP contribution in [0.1, 0.15) is 55.4 Å². The second kappa shape index (κ2) is 7.62. The molecule has 0 bridgehead atoms. The SMILES string of the molecule is C=CCOC(CP(=O)(OC(C)(C)C)OC(C)(C)C)=C(C)C. The zero-order chi connectivity index (χ0) is 16.9. The molecule has 4 nitrogen and oxygen atoms in total. The van der Waals surface area contributed by atoms with Gasteiger partial charge in [-0.25, -0.2) is 0 Å². The van der Waals surface area contributed by atoms with E-state index >= 15 is 0 Å². The fourth-order valence-corrected chi connectivity index (χ4v) is 4.20. The van der Waals surface area contributed by atoms with Crippen molar-refractivity contribution >= 4 is 7.60 Å². The van der Waals surface area contributed by atoms with Gasteiger partial charge in [-0.05, 0) is 61.0 Å². The van der Waals surface area contributed by atoms with Gasteiger partial charge in [0.1, 0.15) is 18.5 Å². The van der Waals surface area contributed by atoms with E-state index in [1.165, 1.54) is 0 Å². The summed E-state index contributed by atoms with van der Waals surface area (Å²) in [5.41, 5.74) is -0.176. The van der Waals surface area contributed by atoms with E-state index in [2.05, 4.69) is 6.58 Å². The Morgan fingerprint density at radius 1 is 1.05 bits per heavy atom. The first-order valence-electron chi connectivity index (χ1n) is 7.19. The standard InChI is InChI=1S/C16H31O4P/c1-10-11-18-14(13(2)3)12-21(17,19-15(4,5)6)20-16(7,8)9/h10H,1,11-12H2,2-9H3. The van der Waals surface area contributed by atoms with Crippen molar-refractivity contribution < 1.29 is 18.3 Å². The quantitative estimate of drug-likeness (QED) is 0.363. The van der Waals surface area contributed by atoms with Crippen molar-refractivity contribution in [2.75, 3.05) is 12.8 Å². The molecule has 0 spiro atoms. The summed E-state index contributed by atoms with van der Waals surface area (Å²) in [6.07, 6.45) is 1.78. The zero-order valence-electron chi connectivity index (χ0n) is 14.8. The van der Waals surface area contributed by atoms with Crippen LogP contribution >= 0.6 is 7.60 Å². The van der Waals surface area contributed by atoms with E-state index < -0.39 is 18.8 Å². The Morgan fingerprint density at radius 2 is 1.48 bits per heavy atom. The molecule has 0 heterocycles. The molecule has 0 aromatic carbocycles. The summed E-state index contributed by atoms with van der Waals surface area (Å²) in [5, 5.41) is 0. The van der Waals surface area contributed by atoms with E-state index in [-0.39, 0.29) is 6.16 Å². The summed E-state index contributed by atoms with van der Waals surface area (Å²) in [5.74, 6) is 0.631. The van der Waals surface area contributed by atoms with Crippen LogP contribution in [-0.2, 0) is 18.3 Å². The Labute approximate surface area is 130 Å². The molecule has 5 heteroatoms. The second-order valence-electron chi connectivity index (χ2n) is 7.20. The molecule has 0 radical (unpaired) electrons. The molecule has 0 rings (SSSR count). The summed E-state index contributed by atoms with van der Waals surface area (Å²) in [7, 11) is -3.33. The molecule has 0 aromatic heterocycles. The monoisotopic (exact) mass is 318 g/mol. The lowest BCUT2D eigenvalue weighted by molar-refractivity contribution is 0.0486. The Bertz CT molecular complexity index is 401. The number of rotatable bonds is 7. The molecule has 0 fully saturated rings. The molecule has 0 unspecified atom stereocenters. The highest BCUT2D eigenvalue weighted by Crippen LogP contribution is 2.55. The second-order valence-corrected chi connectivity index (χ2v) is 9.10. The normalized spacial score (nSPS) is 13.0. The minimum atomic E-state index is -3.33. The highest BCUT2D eigenvalue weighted by atomic mass is 31.2. The third kappa shape index (κ3) is 9.89. The predicted octanol–water partition coefficient (Wildman–Crippen LogP) is 5.31. The summed E-state index contributed by atoms with van der Waals surface area (Å²) >= 11 is 0. The summed E-state index contributed by atoms with van der Waals surface area (Å²) in [4.78, 5) is 0. The summed E-state index contributed by atoms with van der Waals surface area (Å²) in [6.45, 7) is 19.0. The van der Waals surface area contributed by atoms with Crippen LogP contribution in [0, 0.1) is 0 Å². The molecule has 0 atom stereocenters. The maximum atomic E-state index is 13.1. The van der Waals surface area contributed by atoms with Gasteiger partial charge in [-0.15, -0.1) is 0 Å². The topological polar surface area (TPSA) is 44.8 Å². The highest BCUT2D eigenvalue weighted by molar-refractivity contribution is 7.54. The van der Waals surface area contributed by atoms with Gasteiger partial charge in [0.25, 0.3) is 0 Å². The first kappa shape index (κ1) is 20.4. The fraction of sp³-hybridized carbons (Fsp3) is 0.750. The molecular formula is C16H31O4P. The predicted molar refractivity (Wildman–Crippen MR) is 88.7 cm³/mol. The molecule has 0 aliphatic heterocycles. The van der Waals surface area contributed by atoms with Crippen LogP contribution in [0.5, 0.6) is 0 Å². The van der Waals surface area contributed by atoms with Crippen LogP contribution < -0.4 is 0 Å². The molecule has 0 aliphatic rings. The molecule has 0 aliphatic carbocycles. The zero-order valence-corrected chi connectivity index (χ0v) is 15.7. The van der Waals surface area contributed by atoms with Crippen molar-refractivity contribution in [1.29, 1.82) is 0 Å². The van der Waals surface area contributed by atoms with Gasteiger partial charge >= 0.3 is 7.60 Å². The van der Waals surface area contributed by atoms with Gasteiger partial charge in [0.2, 0.25) is 0 Å². The Kier molecular flexibility index (Phi) is 7.41. The van der Waals surface area contributed by atoms with Crippen molar-refractivity contribution in [1.82, 2.24) is 0 Å². The number of hydrogen-bond acceptors (Lipinski definition) is 4. The number of hydrogen-bond donors (Lipinski definition) is 0. The molecule has 0 N–H and O–H groups in total. The van der Waals surface area contributed by atoms with Gasteiger partial charge in [0.05, 0.1) is 11.2 Å². The van der Waals surface area contributed by atoms with E-state index in [9.17, 15) is 4.57 Å². The van der Waals surface area contributed by atoms with Crippen LogP contribution in [0.25, 0.3) is 0 Å². The Morgan fingerprint density at radius 3 is 1.76 bits per heavy atom. The minimum Gasteiger partial charge on any atom is -0.493 e. The smallest absolute Gasteiger partial charge is 0.339 e. The summed E-state index contributed by atoms with van der Waals surface area (Å²) in [6, 6.07) is 0. The van der Waals surface area contributed by atoms with Crippen LogP contribution in [0.3, 0.4) is 0 Å². The van der Waals surface area contributed by atoms with E-state index in [1.54, 1.807) is 6.08 Å². The van der Waals surface area contributed by atoms with Gasteiger partial charge in [-0.3, -0.25) is 4.57 Å². The number of allylic oxidation sites excluding steroid dienone is 2. The lowest BCUT2D eigenvalue weighted by atomic mass is 10.2. The average Bonchev–Trinajstić information content (AvgIpc) is 2.17. The molecule has 21 heavy (non-hydrogen) atoms. The van der Waals surface area contributed by atoms with E-state index in [0.29, 0.717) is 12.4 Å². The first-order valence-corrected chi connectivity index (χ1v) is 8.91. The molecular weight excluding hydrogens is 287 g/mol. The molecule has 124 valence electrons. The summed E-state index contributed by atoms with van der Waals surface area (Å²) < 4.78 is 30.3. The number of ether oxygens (including phenoxy) is 1. The lowest BCUT2D eigenvalue weighted by Crippen LogP contribution is -2.25. The maximum absolute atomic E-state index is 13.1. The largest absolute Gasteiger partial charge is 0.493 e. The van der Waals surface area contributed by atoms with Crippen molar-refractivity contribution in [2.24, 2.45) is 0 Å². The van der Waals surface area contributed by atoms with Crippen molar-refractivity contribution in [3.8, 4) is 0 Å². The van der Waals surface area contributed by atoms with Crippen molar-refractivity contribution in [2.45, 2.75) is 66.6 Å².